The molecule has 2 heterocycles. The van der Waals surface area contributed by atoms with Gasteiger partial charge in [0.05, 0.1) is 23.8 Å². The van der Waals surface area contributed by atoms with Gasteiger partial charge >= 0.3 is 0 Å². The van der Waals surface area contributed by atoms with Crippen LogP contribution in [0, 0.1) is 11.3 Å². The fraction of sp³-hybridized carbons (Fsp3) is 0.400. The zero-order valence-corrected chi connectivity index (χ0v) is 15.8. The van der Waals surface area contributed by atoms with Gasteiger partial charge in [-0.05, 0) is 43.9 Å². The molecule has 1 atom stereocenters. The summed E-state index contributed by atoms with van der Waals surface area (Å²) < 4.78 is 11.6. The van der Waals surface area contributed by atoms with Gasteiger partial charge in [0, 0.05) is 18.1 Å². The van der Waals surface area contributed by atoms with E-state index in [4.69, 9.17) is 20.5 Å². The lowest BCUT2D eigenvalue weighted by molar-refractivity contribution is -0.138. The fourth-order valence-electron chi connectivity index (χ4n) is 3.12. The number of benzene rings is 1. The molecule has 1 aromatic heterocycles. The number of primary amides is 1. The van der Waals surface area contributed by atoms with E-state index in [-0.39, 0.29) is 31.1 Å². The molecule has 8 heteroatoms. The van der Waals surface area contributed by atoms with Crippen LogP contribution in [0.4, 0.5) is 0 Å². The van der Waals surface area contributed by atoms with Crippen LogP contribution in [0.1, 0.15) is 37.0 Å². The molecule has 0 aliphatic carbocycles. The number of fused-ring (bicyclic) bond motifs is 1. The number of nitriles is 1. The van der Waals surface area contributed by atoms with Crippen molar-refractivity contribution in [1.29, 1.82) is 5.26 Å². The highest BCUT2D eigenvalue weighted by atomic mass is 16.5. The van der Waals surface area contributed by atoms with Gasteiger partial charge in [0.15, 0.2) is 0 Å². The first kappa shape index (κ1) is 19.4. The first-order chi connectivity index (χ1) is 13.4. The summed E-state index contributed by atoms with van der Waals surface area (Å²) in [4.78, 5) is 29.6. The van der Waals surface area contributed by atoms with E-state index in [1.165, 1.54) is 0 Å². The van der Waals surface area contributed by atoms with E-state index in [0.29, 0.717) is 29.1 Å². The highest BCUT2D eigenvalue weighted by Gasteiger charge is 2.32. The van der Waals surface area contributed by atoms with Gasteiger partial charge in [-0.25, -0.2) is 4.98 Å². The number of nitrogens with two attached hydrogens (primary N) is 1. The highest BCUT2D eigenvalue weighted by molar-refractivity contribution is 6.01. The molecule has 8 nitrogen and oxygen atoms in total. The van der Waals surface area contributed by atoms with E-state index in [2.05, 4.69) is 4.98 Å². The molecule has 0 bridgehead atoms. The number of carbonyl (C=O) groups excluding carboxylic acids is 2. The van der Waals surface area contributed by atoms with Crippen LogP contribution in [0.2, 0.25) is 0 Å². The quantitative estimate of drug-likeness (QED) is 0.782. The topological polar surface area (TPSA) is 119 Å². The number of hydrogen-bond donors (Lipinski definition) is 1. The Hall–Kier alpha value is -3.34. The fourth-order valence-corrected chi connectivity index (χ4v) is 3.12. The lowest BCUT2D eigenvalue weighted by atomic mass is 10.0. The summed E-state index contributed by atoms with van der Waals surface area (Å²) in [6.45, 7) is 4.63. The molecular formula is C20H22N4O4. The van der Waals surface area contributed by atoms with Crippen molar-refractivity contribution < 1.29 is 19.1 Å². The molecule has 1 aliphatic heterocycles. The predicted octanol–water partition coefficient (Wildman–Crippen LogP) is 2.01. The summed E-state index contributed by atoms with van der Waals surface area (Å²) in [7, 11) is 0. The summed E-state index contributed by atoms with van der Waals surface area (Å²) in [6, 6.07) is 6.93. The molecule has 0 radical (unpaired) electrons. The third-order valence-electron chi connectivity index (χ3n) is 4.56. The van der Waals surface area contributed by atoms with Gasteiger partial charge in [0.25, 0.3) is 5.91 Å². The van der Waals surface area contributed by atoms with Crippen LogP contribution >= 0.6 is 0 Å². The number of aromatic nitrogens is 1. The van der Waals surface area contributed by atoms with Gasteiger partial charge in [-0.1, -0.05) is 0 Å². The van der Waals surface area contributed by atoms with Crippen molar-refractivity contribution in [1.82, 2.24) is 9.88 Å². The van der Waals surface area contributed by atoms with Crippen molar-refractivity contribution in [3.05, 3.63) is 30.0 Å². The van der Waals surface area contributed by atoms with E-state index < -0.39 is 5.91 Å². The lowest BCUT2D eigenvalue weighted by Gasteiger charge is -2.40. The zero-order valence-electron chi connectivity index (χ0n) is 15.8. The molecule has 28 heavy (non-hydrogen) atoms. The highest BCUT2D eigenvalue weighted by Crippen LogP contribution is 2.32. The molecule has 3 rings (SSSR count). The number of pyridine rings is 1. The normalized spacial score (nSPS) is 15.8. The average molecular weight is 382 g/mol. The van der Waals surface area contributed by atoms with Crippen LogP contribution in [0.5, 0.6) is 11.6 Å². The molecule has 1 aromatic carbocycles. The second-order valence-corrected chi connectivity index (χ2v) is 6.89. The number of likely N-dealkylation sites (tertiary alicyclic amines) is 1. The molecule has 2 amide bonds. The minimum atomic E-state index is -0.571. The molecule has 2 aromatic rings. The Labute approximate surface area is 162 Å². The Kier molecular flexibility index (Phi) is 5.64. The smallest absolute Gasteiger partial charge is 0.252 e. The average Bonchev–Trinajstić information content (AvgIpc) is 2.60. The molecule has 146 valence electrons. The van der Waals surface area contributed by atoms with Gasteiger partial charge in [-0.3, -0.25) is 9.59 Å². The minimum Gasteiger partial charge on any atom is -0.490 e. The van der Waals surface area contributed by atoms with Crippen molar-refractivity contribution in [2.45, 2.75) is 38.8 Å². The van der Waals surface area contributed by atoms with Gasteiger partial charge < -0.3 is 20.1 Å². The lowest BCUT2D eigenvalue weighted by Crippen LogP contribution is -2.53. The van der Waals surface area contributed by atoms with Gasteiger partial charge in [0.1, 0.15) is 18.8 Å². The maximum atomic E-state index is 11.9. The van der Waals surface area contributed by atoms with Crippen LogP contribution < -0.4 is 15.2 Å². The third kappa shape index (κ3) is 3.98. The van der Waals surface area contributed by atoms with E-state index in [1.54, 1.807) is 29.3 Å². The number of nitrogens with zero attached hydrogens (tertiary/aromatic N) is 3. The maximum Gasteiger partial charge on any atom is 0.252 e. The van der Waals surface area contributed by atoms with Gasteiger partial charge in [0.2, 0.25) is 11.8 Å². The summed E-state index contributed by atoms with van der Waals surface area (Å²) >= 11 is 0. The molecule has 1 aliphatic rings. The van der Waals surface area contributed by atoms with Gasteiger partial charge in [-0.15, -0.1) is 0 Å². The molecule has 1 unspecified atom stereocenters. The van der Waals surface area contributed by atoms with Crippen LogP contribution in [-0.4, -0.2) is 47.0 Å². The number of ether oxygens (including phenoxy) is 2. The predicted molar refractivity (Wildman–Crippen MR) is 102 cm³/mol. The van der Waals surface area contributed by atoms with E-state index >= 15 is 0 Å². The largest absolute Gasteiger partial charge is 0.490 e. The van der Waals surface area contributed by atoms with E-state index in [0.717, 1.165) is 11.8 Å². The van der Waals surface area contributed by atoms with Crippen LogP contribution in [-0.2, 0) is 4.79 Å². The second-order valence-electron chi connectivity index (χ2n) is 6.89. The zero-order chi connectivity index (χ0) is 20.3. The van der Waals surface area contributed by atoms with Crippen molar-refractivity contribution in [3.63, 3.8) is 0 Å². The number of hydrogen-bond acceptors (Lipinski definition) is 6. The number of amides is 2. The Bertz CT molecular complexity index is 951. The Morgan fingerprint density at radius 3 is 2.82 bits per heavy atom. The Balaban J connectivity index is 1.84. The molecule has 0 saturated carbocycles. The standard InChI is InChI=1S/C20H22N4O4/c1-12(2)28-17-10-15-13(9-16(17)19(22)26)4-7-23-20(15)27-11-14-5-8-24(14)18(25)3-6-21/h4,7,9-10,12,14H,3,5,8,11H2,1-2H3,(H2,22,26). The summed E-state index contributed by atoms with van der Waals surface area (Å²) in [5, 5.41) is 10.1. The van der Waals surface area contributed by atoms with Crippen LogP contribution in [0.3, 0.4) is 0 Å². The molecule has 1 saturated heterocycles. The van der Waals surface area contributed by atoms with E-state index in [1.807, 2.05) is 19.9 Å². The first-order valence-corrected chi connectivity index (χ1v) is 9.09. The van der Waals surface area contributed by atoms with Crippen molar-refractivity contribution in [2.24, 2.45) is 5.73 Å². The monoisotopic (exact) mass is 382 g/mol. The van der Waals surface area contributed by atoms with Crippen molar-refractivity contribution >= 4 is 22.6 Å². The van der Waals surface area contributed by atoms with Crippen molar-refractivity contribution in [3.8, 4) is 17.7 Å². The Morgan fingerprint density at radius 2 is 2.21 bits per heavy atom. The third-order valence-corrected chi connectivity index (χ3v) is 4.56. The molecular weight excluding hydrogens is 360 g/mol. The summed E-state index contributed by atoms with van der Waals surface area (Å²) in [5.74, 6) is 0.00826. The van der Waals surface area contributed by atoms with Crippen LogP contribution in [0.15, 0.2) is 24.4 Å². The van der Waals surface area contributed by atoms with Crippen LogP contribution in [0.25, 0.3) is 10.8 Å². The number of carbonyl (C=O) groups is 2. The van der Waals surface area contributed by atoms with Crippen molar-refractivity contribution in [2.75, 3.05) is 13.2 Å². The number of rotatable bonds is 7. The second kappa shape index (κ2) is 8.13. The maximum absolute atomic E-state index is 11.9. The first-order valence-electron chi connectivity index (χ1n) is 9.09. The molecule has 1 fully saturated rings. The van der Waals surface area contributed by atoms with E-state index in [9.17, 15) is 9.59 Å². The molecule has 0 spiro atoms. The SMILES string of the molecule is CC(C)Oc1cc2c(OCC3CCN3C(=O)CC#N)nccc2cc1C(N)=O. The molecule has 2 N–H and O–H groups in total. The van der Waals surface area contributed by atoms with Gasteiger partial charge in [-0.2, -0.15) is 5.26 Å². The summed E-state index contributed by atoms with van der Waals surface area (Å²) in [6.07, 6.45) is 2.14. The summed E-state index contributed by atoms with van der Waals surface area (Å²) in [5.41, 5.74) is 5.78. The Morgan fingerprint density at radius 1 is 1.43 bits per heavy atom. The minimum absolute atomic E-state index is 0.0748.